The number of hydrogen-bond acceptors (Lipinski definition) is 8. The average Bonchev–Trinajstić information content (AvgIpc) is 3.26. The zero-order valence-corrected chi connectivity index (χ0v) is 27.7. The molecule has 0 bridgehead atoms. The van der Waals surface area contributed by atoms with Crippen molar-refractivity contribution in [3.8, 4) is 18.1 Å². The zero-order chi connectivity index (χ0) is 35.7. The Morgan fingerprint density at radius 1 is 1.10 bits per heavy atom. The predicted octanol–water partition coefficient (Wildman–Crippen LogP) is 5.05. The number of aliphatic imine (C=N–C) groups is 1. The van der Waals surface area contributed by atoms with Crippen LogP contribution >= 0.6 is 0 Å². The van der Waals surface area contributed by atoms with Crippen LogP contribution < -0.4 is 4.74 Å². The number of benzene rings is 2. The van der Waals surface area contributed by atoms with Gasteiger partial charge in [0.2, 0.25) is 10.0 Å². The van der Waals surface area contributed by atoms with Crippen molar-refractivity contribution in [1.29, 1.82) is 0 Å². The molecule has 0 saturated carbocycles. The van der Waals surface area contributed by atoms with Crippen molar-refractivity contribution in [1.82, 2.24) is 9.21 Å². The molecule has 11 nitrogen and oxygen atoms in total. The van der Waals surface area contributed by atoms with Crippen LogP contribution in [0.3, 0.4) is 0 Å². The van der Waals surface area contributed by atoms with E-state index < -0.39 is 56.7 Å². The van der Waals surface area contributed by atoms with Crippen LogP contribution in [-0.2, 0) is 32.2 Å². The molecule has 48 heavy (non-hydrogen) atoms. The monoisotopic (exact) mass is 691 g/mol. The number of alkyl halides is 3. The topological polar surface area (TPSA) is 143 Å². The van der Waals surface area contributed by atoms with Crippen LogP contribution in [0, 0.1) is 19.3 Å². The van der Waals surface area contributed by atoms with Crippen molar-refractivity contribution in [2.45, 2.75) is 70.7 Å². The molecule has 258 valence electrons. The lowest BCUT2D eigenvalue weighted by Crippen LogP contribution is -2.52. The van der Waals surface area contributed by atoms with Gasteiger partial charge in [-0.3, -0.25) is 9.79 Å². The van der Waals surface area contributed by atoms with Gasteiger partial charge in [0, 0.05) is 25.1 Å². The van der Waals surface area contributed by atoms with Crippen molar-refractivity contribution >= 4 is 33.8 Å². The van der Waals surface area contributed by atoms with Crippen LogP contribution in [0.4, 0.5) is 18.0 Å². The molecular weight excluding hydrogens is 655 g/mol. The van der Waals surface area contributed by atoms with E-state index in [0.29, 0.717) is 27.7 Å². The summed E-state index contributed by atoms with van der Waals surface area (Å²) in [5.74, 6) is -0.205. The van der Waals surface area contributed by atoms with Crippen LogP contribution in [0.5, 0.6) is 5.75 Å². The Morgan fingerprint density at radius 3 is 2.33 bits per heavy atom. The van der Waals surface area contributed by atoms with Gasteiger partial charge in [-0.15, -0.1) is 12.3 Å². The molecule has 0 radical (unpaired) electrons. The van der Waals surface area contributed by atoms with E-state index in [1.54, 1.807) is 45.9 Å². The summed E-state index contributed by atoms with van der Waals surface area (Å²) in [5, 5.41) is 9.90. The number of carbonyl (C=O) groups is 3. The minimum atomic E-state index is -4.83. The Kier molecular flexibility index (Phi) is 10.3. The van der Waals surface area contributed by atoms with E-state index in [9.17, 15) is 41.1 Å². The number of imide groups is 1. The van der Waals surface area contributed by atoms with Crippen molar-refractivity contribution < 1.29 is 50.6 Å². The van der Waals surface area contributed by atoms with Gasteiger partial charge in [-0.1, -0.05) is 6.07 Å². The Bertz CT molecular complexity index is 1780. The standard InChI is InChI=1S/C33H36F3N3O8S/c1-6-7-15-46-26-19-24(18-25(20-26)33(34,35)36)27-37-32(29(41)39(27)30(42)43)11-13-38(14-12-32)48(44,45)16-10-22-8-9-23(17-21(22)2)28(40)47-31(3,4)5/h1,8-9,17-20H,7,10-16H2,2-5H3,(H,42,43). The first kappa shape index (κ1) is 36.4. The number of amidine groups is 1. The minimum absolute atomic E-state index is 0.101. The molecule has 1 saturated heterocycles. The molecule has 2 heterocycles. The third-order valence-electron chi connectivity index (χ3n) is 7.88. The summed E-state index contributed by atoms with van der Waals surface area (Å²) in [6.45, 7) is 6.57. The second-order valence-corrected chi connectivity index (χ2v) is 14.6. The van der Waals surface area contributed by atoms with Gasteiger partial charge in [0.25, 0.3) is 5.91 Å². The first-order valence-corrected chi connectivity index (χ1v) is 16.6. The highest BCUT2D eigenvalue weighted by atomic mass is 32.2. The summed E-state index contributed by atoms with van der Waals surface area (Å²) < 4.78 is 79.8. The number of ether oxygens (including phenoxy) is 2. The number of carboxylic acid groups (broad SMARTS) is 1. The van der Waals surface area contributed by atoms with Crippen LogP contribution in [0.25, 0.3) is 0 Å². The quantitative estimate of drug-likeness (QED) is 0.219. The molecule has 2 aliphatic heterocycles. The number of amides is 2. The molecule has 1 fully saturated rings. The van der Waals surface area contributed by atoms with Gasteiger partial charge in [-0.05, 0) is 88.4 Å². The number of terminal acetylenes is 1. The molecule has 0 aliphatic carbocycles. The number of sulfonamides is 1. The van der Waals surface area contributed by atoms with E-state index in [4.69, 9.17) is 15.9 Å². The summed E-state index contributed by atoms with van der Waals surface area (Å²) in [4.78, 5) is 42.8. The minimum Gasteiger partial charge on any atom is -0.493 e. The second kappa shape index (κ2) is 13.6. The molecular formula is C33H36F3N3O8S. The van der Waals surface area contributed by atoms with Crippen LogP contribution in [0.15, 0.2) is 41.4 Å². The highest BCUT2D eigenvalue weighted by Gasteiger charge is 2.53. The predicted molar refractivity (Wildman–Crippen MR) is 169 cm³/mol. The Labute approximate surface area is 276 Å². The van der Waals surface area contributed by atoms with E-state index in [2.05, 4.69) is 10.9 Å². The summed E-state index contributed by atoms with van der Waals surface area (Å²) in [6, 6.07) is 7.43. The first-order chi connectivity index (χ1) is 22.3. The molecule has 2 amide bonds. The Morgan fingerprint density at radius 2 is 1.77 bits per heavy atom. The number of halogens is 3. The highest BCUT2D eigenvalue weighted by Crippen LogP contribution is 2.38. The highest BCUT2D eigenvalue weighted by molar-refractivity contribution is 7.89. The van der Waals surface area contributed by atoms with E-state index in [-0.39, 0.29) is 62.4 Å². The lowest BCUT2D eigenvalue weighted by Gasteiger charge is -2.35. The fraction of sp³-hybridized carbons (Fsp3) is 0.455. The largest absolute Gasteiger partial charge is 0.493 e. The number of piperidine rings is 1. The summed E-state index contributed by atoms with van der Waals surface area (Å²) in [6.07, 6.45) is -1.51. The molecule has 15 heteroatoms. The summed E-state index contributed by atoms with van der Waals surface area (Å²) >= 11 is 0. The Balaban J connectivity index is 1.52. The van der Waals surface area contributed by atoms with E-state index >= 15 is 0 Å². The van der Waals surface area contributed by atoms with E-state index in [0.717, 1.165) is 12.1 Å². The maximum Gasteiger partial charge on any atom is 0.420 e. The van der Waals surface area contributed by atoms with Crippen molar-refractivity contribution in [3.05, 3.63) is 64.2 Å². The van der Waals surface area contributed by atoms with Gasteiger partial charge in [0.05, 0.1) is 23.5 Å². The molecule has 2 aromatic rings. The zero-order valence-electron chi connectivity index (χ0n) is 26.9. The summed E-state index contributed by atoms with van der Waals surface area (Å²) in [5.41, 5.74) is -2.06. The van der Waals surface area contributed by atoms with Gasteiger partial charge in [-0.25, -0.2) is 22.3 Å². The molecule has 1 spiro atoms. The van der Waals surface area contributed by atoms with Crippen LogP contribution in [0.2, 0.25) is 0 Å². The molecule has 1 N–H and O–H groups in total. The molecule has 0 atom stereocenters. The third-order valence-corrected chi connectivity index (χ3v) is 9.75. The number of hydrogen-bond donors (Lipinski definition) is 1. The van der Waals surface area contributed by atoms with Crippen molar-refractivity contribution in [2.75, 3.05) is 25.4 Å². The van der Waals surface area contributed by atoms with Crippen LogP contribution in [-0.4, -0.2) is 83.1 Å². The number of aryl methyl sites for hydroxylation is 2. The van der Waals surface area contributed by atoms with Gasteiger partial charge in [0.1, 0.15) is 22.7 Å². The van der Waals surface area contributed by atoms with Gasteiger partial charge < -0.3 is 14.6 Å². The number of carbonyl (C=O) groups excluding carboxylic acids is 2. The van der Waals surface area contributed by atoms with Crippen molar-refractivity contribution in [3.63, 3.8) is 0 Å². The van der Waals surface area contributed by atoms with Gasteiger partial charge in [-0.2, -0.15) is 18.1 Å². The molecule has 4 rings (SSSR count). The summed E-state index contributed by atoms with van der Waals surface area (Å²) in [7, 11) is -3.85. The maximum atomic E-state index is 13.7. The van der Waals surface area contributed by atoms with E-state index in [1.165, 1.54) is 4.31 Å². The van der Waals surface area contributed by atoms with Crippen molar-refractivity contribution in [2.24, 2.45) is 4.99 Å². The van der Waals surface area contributed by atoms with Gasteiger partial charge >= 0.3 is 18.2 Å². The number of esters is 1. The fourth-order valence-corrected chi connectivity index (χ4v) is 6.92. The number of nitrogens with zero attached hydrogens (tertiary/aromatic N) is 3. The smallest absolute Gasteiger partial charge is 0.420 e. The van der Waals surface area contributed by atoms with Gasteiger partial charge in [0.15, 0.2) is 0 Å². The molecule has 2 aromatic carbocycles. The molecule has 0 unspecified atom stereocenters. The lowest BCUT2D eigenvalue weighted by atomic mass is 9.88. The number of rotatable bonds is 9. The molecule has 2 aliphatic rings. The van der Waals surface area contributed by atoms with Crippen LogP contribution in [0.1, 0.15) is 72.6 Å². The lowest BCUT2D eigenvalue weighted by molar-refractivity contribution is -0.137. The average molecular weight is 692 g/mol. The van der Waals surface area contributed by atoms with E-state index in [1.807, 2.05) is 0 Å². The normalized spacial score (nSPS) is 16.8. The Hall–Kier alpha value is -4.42. The SMILES string of the molecule is C#CCCOc1cc(C2=NC3(CCN(S(=O)(=O)CCc4ccc(C(=O)OC(C)(C)C)cc4C)CC3)C(=O)N2C(=O)O)cc(C(F)(F)F)c1. The fourth-order valence-electron chi connectivity index (χ4n) is 5.45. The second-order valence-electron chi connectivity index (χ2n) is 12.5. The maximum absolute atomic E-state index is 13.7. The third kappa shape index (κ3) is 8.16. The molecule has 0 aromatic heterocycles. The first-order valence-electron chi connectivity index (χ1n) is 15.0.